The van der Waals surface area contributed by atoms with Gasteiger partial charge in [0.1, 0.15) is 11.4 Å². The van der Waals surface area contributed by atoms with Crippen LogP contribution in [-0.2, 0) is 11.2 Å². The van der Waals surface area contributed by atoms with Gasteiger partial charge in [0.25, 0.3) is 5.56 Å². The summed E-state index contributed by atoms with van der Waals surface area (Å²) in [5, 5.41) is 0.532. The molecule has 2 rings (SSSR count). The van der Waals surface area contributed by atoms with E-state index in [-0.39, 0.29) is 17.7 Å². The maximum Gasteiger partial charge on any atom is 0.344 e. The van der Waals surface area contributed by atoms with E-state index in [4.69, 9.17) is 4.74 Å². The summed E-state index contributed by atoms with van der Waals surface area (Å²) in [6.45, 7) is 5.38. The van der Waals surface area contributed by atoms with E-state index in [1.165, 1.54) is 6.07 Å². The van der Waals surface area contributed by atoms with Crippen LogP contribution < -0.4 is 5.56 Å². The Hall–Kier alpha value is -2.17. The summed E-state index contributed by atoms with van der Waals surface area (Å²) in [5.74, 6) is -1.18. The van der Waals surface area contributed by atoms with E-state index in [9.17, 15) is 14.0 Å². The molecule has 1 aromatic carbocycles. The first kappa shape index (κ1) is 14.2. The Kier molecular flexibility index (Phi) is 3.88. The number of ether oxygens (including phenoxy) is 1. The lowest BCUT2D eigenvalue weighted by Gasteiger charge is -2.10. The van der Waals surface area contributed by atoms with Gasteiger partial charge in [-0.2, -0.15) is 0 Å². The molecule has 1 aromatic heterocycles. The first-order valence-electron chi connectivity index (χ1n) is 6.51. The number of H-pyrrole nitrogens is 1. The van der Waals surface area contributed by atoms with Gasteiger partial charge in [-0.15, -0.1) is 0 Å². The number of nitrogens with one attached hydrogen (secondary N) is 1. The molecule has 0 spiro atoms. The zero-order valence-electron chi connectivity index (χ0n) is 11.7. The number of benzene rings is 1. The molecule has 0 aliphatic heterocycles. The maximum atomic E-state index is 14.0. The number of halogens is 1. The van der Waals surface area contributed by atoms with Crippen LogP contribution in [0.3, 0.4) is 0 Å². The van der Waals surface area contributed by atoms with Crippen molar-refractivity contribution < 1.29 is 13.9 Å². The van der Waals surface area contributed by atoms with Crippen LogP contribution in [0.5, 0.6) is 0 Å². The Labute approximate surface area is 115 Å². The fourth-order valence-electron chi connectivity index (χ4n) is 2.22. The van der Waals surface area contributed by atoms with Crippen molar-refractivity contribution >= 4 is 16.9 Å². The van der Waals surface area contributed by atoms with E-state index in [1.807, 2.05) is 6.92 Å². The van der Waals surface area contributed by atoms with Gasteiger partial charge in [-0.05, 0) is 43.5 Å². The summed E-state index contributed by atoms with van der Waals surface area (Å²) in [6.07, 6.45) is 0.667. The van der Waals surface area contributed by atoms with Crippen molar-refractivity contribution in [3.8, 4) is 0 Å². The van der Waals surface area contributed by atoms with Crippen molar-refractivity contribution in [3.05, 3.63) is 45.0 Å². The van der Waals surface area contributed by atoms with E-state index in [1.54, 1.807) is 19.9 Å². The number of hydrogen-bond donors (Lipinski definition) is 1. The van der Waals surface area contributed by atoms with Crippen molar-refractivity contribution in [1.82, 2.24) is 4.98 Å². The fraction of sp³-hybridized carbons (Fsp3) is 0.333. The highest BCUT2D eigenvalue weighted by Crippen LogP contribution is 2.22. The van der Waals surface area contributed by atoms with Gasteiger partial charge in [-0.1, -0.05) is 6.92 Å². The van der Waals surface area contributed by atoms with E-state index < -0.39 is 17.3 Å². The average Bonchev–Trinajstić information content (AvgIpc) is 2.40. The predicted molar refractivity (Wildman–Crippen MR) is 74.6 cm³/mol. The van der Waals surface area contributed by atoms with E-state index >= 15 is 0 Å². The molecule has 0 aliphatic carbocycles. The molecule has 0 fully saturated rings. The van der Waals surface area contributed by atoms with Crippen molar-refractivity contribution in [2.45, 2.75) is 27.2 Å². The van der Waals surface area contributed by atoms with Crippen LogP contribution in [0.4, 0.5) is 4.39 Å². The normalized spacial score (nSPS) is 10.8. The average molecular weight is 277 g/mol. The van der Waals surface area contributed by atoms with Gasteiger partial charge >= 0.3 is 5.97 Å². The second-order valence-electron chi connectivity index (χ2n) is 4.53. The highest BCUT2D eigenvalue weighted by molar-refractivity contribution is 5.97. The molecule has 20 heavy (non-hydrogen) atoms. The Morgan fingerprint density at radius 1 is 1.35 bits per heavy atom. The van der Waals surface area contributed by atoms with Crippen LogP contribution in [0.15, 0.2) is 16.9 Å². The number of fused-ring (bicyclic) bond motifs is 1. The third-order valence-corrected chi connectivity index (χ3v) is 3.28. The standard InChI is InChI=1S/C15H16FNO3/c1-4-9-6-10-8(3)12(15(19)20-5-2)14(18)17-13(10)11(16)7-9/h6-7H,4-5H2,1-3H3,(H,17,18). The number of aromatic nitrogens is 1. The summed E-state index contributed by atoms with van der Waals surface area (Å²) in [4.78, 5) is 26.2. The van der Waals surface area contributed by atoms with E-state index in [0.717, 1.165) is 5.56 Å². The molecule has 0 saturated carbocycles. The minimum Gasteiger partial charge on any atom is -0.462 e. The Morgan fingerprint density at radius 2 is 2.05 bits per heavy atom. The molecule has 0 unspecified atom stereocenters. The molecule has 0 atom stereocenters. The molecule has 1 heterocycles. The van der Waals surface area contributed by atoms with Crippen molar-refractivity contribution in [3.63, 3.8) is 0 Å². The van der Waals surface area contributed by atoms with Gasteiger partial charge in [0.2, 0.25) is 0 Å². The Balaban J connectivity index is 2.80. The van der Waals surface area contributed by atoms with Crippen LogP contribution >= 0.6 is 0 Å². The second kappa shape index (κ2) is 5.45. The molecule has 0 bridgehead atoms. The first-order chi connectivity index (χ1) is 9.49. The fourth-order valence-corrected chi connectivity index (χ4v) is 2.22. The molecular formula is C15H16FNO3. The van der Waals surface area contributed by atoms with Crippen molar-refractivity contribution in [1.29, 1.82) is 0 Å². The maximum absolute atomic E-state index is 14.0. The third kappa shape index (κ3) is 2.31. The SMILES string of the molecule is CCOC(=O)c1c(C)c2cc(CC)cc(F)c2[nH]c1=O. The lowest BCUT2D eigenvalue weighted by molar-refractivity contribution is 0.0523. The molecule has 106 valence electrons. The van der Waals surface area contributed by atoms with E-state index in [0.29, 0.717) is 17.4 Å². The lowest BCUT2D eigenvalue weighted by Crippen LogP contribution is -2.22. The molecule has 2 aromatic rings. The van der Waals surface area contributed by atoms with Crippen molar-refractivity contribution in [2.24, 2.45) is 0 Å². The molecule has 5 heteroatoms. The summed E-state index contributed by atoms with van der Waals surface area (Å²) in [7, 11) is 0. The quantitative estimate of drug-likeness (QED) is 0.877. The summed E-state index contributed by atoms with van der Waals surface area (Å²) in [5.41, 5.74) is 0.678. The molecule has 4 nitrogen and oxygen atoms in total. The zero-order valence-corrected chi connectivity index (χ0v) is 11.7. The minimum absolute atomic E-state index is 0.0630. The smallest absolute Gasteiger partial charge is 0.344 e. The molecule has 0 radical (unpaired) electrons. The van der Waals surface area contributed by atoms with Gasteiger partial charge in [0.15, 0.2) is 0 Å². The molecular weight excluding hydrogens is 261 g/mol. The van der Waals surface area contributed by atoms with E-state index in [2.05, 4.69) is 4.98 Å². The van der Waals surface area contributed by atoms with Crippen LogP contribution in [0, 0.1) is 12.7 Å². The van der Waals surface area contributed by atoms with Crippen LogP contribution in [0.1, 0.15) is 35.3 Å². The number of esters is 1. The lowest BCUT2D eigenvalue weighted by atomic mass is 10.0. The number of pyridine rings is 1. The molecule has 1 N–H and O–H groups in total. The third-order valence-electron chi connectivity index (χ3n) is 3.28. The number of rotatable bonds is 3. The van der Waals surface area contributed by atoms with Crippen molar-refractivity contribution in [2.75, 3.05) is 6.61 Å². The highest BCUT2D eigenvalue weighted by Gasteiger charge is 2.19. The largest absolute Gasteiger partial charge is 0.462 e. The molecule has 0 amide bonds. The Morgan fingerprint density at radius 3 is 2.65 bits per heavy atom. The minimum atomic E-state index is -0.685. The summed E-state index contributed by atoms with van der Waals surface area (Å²) < 4.78 is 18.9. The van der Waals surface area contributed by atoms with Gasteiger partial charge < -0.3 is 9.72 Å². The number of carbonyl (C=O) groups is 1. The van der Waals surface area contributed by atoms with Gasteiger partial charge in [-0.3, -0.25) is 4.79 Å². The monoisotopic (exact) mass is 277 g/mol. The number of hydrogen-bond acceptors (Lipinski definition) is 3. The van der Waals surface area contributed by atoms with Crippen LogP contribution in [-0.4, -0.2) is 17.6 Å². The van der Waals surface area contributed by atoms with Gasteiger partial charge in [0, 0.05) is 5.39 Å². The molecule has 0 saturated heterocycles. The second-order valence-corrected chi connectivity index (χ2v) is 4.53. The van der Waals surface area contributed by atoms with Gasteiger partial charge in [0.05, 0.1) is 12.1 Å². The van der Waals surface area contributed by atoms with Crippen LogP contribution in [0.25, 0.3) is 10.9 Å². The number of aromatic amines is 1. The first-order valence-corrected chi connectivity index (χ1v) is 6.51. The zero-order chi connectivity index (χ0) is 14.9. The summed E-state index contributed by atoms with van der Waals surface area (Å²) >= 11 is 0. The highest BCUT2D eigenvalue weighted by atomic mass is 19.1. The Bertz CT molecular complexity index is 734. The van der Waals surface area contributed by atoms with Gasteiger partial charge in [-0.25, -0.2) is 9.18 Å². The predicted octanol–water partition coefficient (Wildman–Crippen LogP) is 2.71. The number of aryl methyl sites for hydroxylation is 2. The summed E-state index contributed by atoms with van der Waals surface area (Å²) in [6, 6.07) is 3.17. The topological polar surface area (TPSA) is 59.2 Å². The molecule has 0 aliphatic rings. The number of carbonyl (C=O) groups excluding carboxylic acids is 1. The van der Waals surface area contributed by atoms with Crippen LogP contribution in [0.2, 0.25) is 0 Å².